The summed E-state index contributed by atoms with van der Waals surface area (Å²) >= 11 is 0. The maximum atomic E-state index is 12.0. The molecule has 1 rings (SSSR count). The van der Waals surface area contributed by atoms with E-state index in [2.05, 4.69) is 25.8 Å². The van der Waals surface area contributed by atoms with Crippen LogP contribution in [0.1, 0.15) is 32.3 Å². The minimum absolute atomic E-state index is 0.474. The van der Waals surface area contributed by atoms with Crippen molar-refractivity contribution >= 4 is 15.4 Å². The van der Waals surface area contributed by atoms with Gasteiger partial charge in [0.2, 0.25) is 0 Å². The van der Waals surface area contributed by atoms with Crippen molar-refractivity contribution in [1.29, 1.82) is 0 Å². The number of rotatable bonds is 3. The third kappa shape index (κ3) is 2.38. The van der Waals surface area contributed by atoms with Crippen molar-refractivity contribution < 1.29 is 4.21 Å². The van der Waals surface area contributed by atoms with Crippen molar-refractivity contribution in [2.24, 2.45) is 0 Å². The molecule has 0 radical (unpaired) electrons. The summed E-state index contributed by atoms with van der Waals surface area (Å²) in [6.07, 6.45) is 0. The molecule has 78 valence electrons. The molecule has 0 N–H and O–H groups in total. The van der Waals surface area contributed by atoms with Crippen molar-refractivity contribution in [3.63, 3.8) is 0 Å². The summed E-state index contributed by atoms with van der Waals surface area (Å²) < 4.78 is 12.0. The Morgan fingerprint density at radius 3 is 2.57 bits per heavy atom. The summed E-state index contributed by atoms with van der Waals surface area (Å²) in [5.41, 5.74) is 1.23. The van der Waals surface area contributed by atoms with E-state index >= 15 is 0 Å². The van der Waals surface area contributed by atoms with Crippen LogP contribution < -0.4 is 0 Å². The lowest BCUT2D eigenvalue weighted by atomic mass is 10.0. The van der Waals surface area contributed by atoms with Gasteiger partial charge >= 0.3 is 0 Å². The largest absolute Gasteiger partial charge is 0.263 e. The van der Waals surface area contributed by atoms with E-state index in [0.717, 1.165) is 4.90 Å². The first-order chi connectivity index (χ1) is 6.47. The van der Waals surface area contributed by atoms with E-state index in [-0.39, 0.29) is 0 Å². The molecule has 1 aromatic carbocycles. The van der Waals surface area contributed by atoms with Gasteiger partial charge in [-0.05, 0) is 39.0 Å². The molecule has 0 aromatic heterocycles. The zero-order valence-corrected chi connectivity index (χ0v) is 9.93. The highest BCUT2D eigenvalue weighted by Gasteiger charge is 2.06. The van der Waals surface area contributed by atoms with Crippen LogP contribution in [0.25, 0.3) is 0 Å². The molecular formula is C12H18OS. The van der Waals surface area contributed by atoms with E-state index in [0.29, 0.717) is 11.7 Å². The molecule has 14 heavy (non-hydrogen) atoms. The first-order valence-electron chi connectivity index (χ1n) is 4.92. The van der Waals surface area contributed by atoms with Crippen LogP contribution >= 0.6 is 0 Å². The van der Waals surface area contributed by atoms with Gasteiger partial charge in [0.1, 0.15) is 0 Å². The maximum Gasteiger partial charge on any atom is 0.0307 e. The normalized spacial score (nSPS) is 15.4. The Labute approximate surface area is 87.2 Å². The predicted molar refractivity (Wildman–Crippen MR) is 64.6 cm³/mol. The van der Waals surface area contributed by atoms with Gasteiger partial charge in [-0.3, -0.25) is 4.21 Å². The predicted octanol–water partition coefficient (Wildman–Crippen LogP) is 2.91. The van der Waals surface area contributed by atoms with Crippen LogP contribution in [-0.4, -0.2) is 15.8 Å². The Kier molecular flexibility index (Phi) is 3.38. The maximum absolute atomic E-state index is 12.0. The first-order valence-corrected chi connectivity index (χ1v) is 6.82. The lowest BCUT2D eigenvalue weighted by Crippen LogP contribution is -2.04. The van der Waals surface area contributed by atoms with Gasteiger partial charge in [0, 0.05) is 10.6 Å². The summed E-state index contributed by atoms with van der Waals surface area (Å²) in [6, 6.07) is 7.96. The van der Waals surface area contributed by atoms with Gasteiger partial charge in [-0.1, -0.05) is 32.9 Å². The molecule has 0 aliphatic carbocycles. The van der Waals surface area contributed by atoms with Crippen molar-refractivity contribution in [2.45, 2.75) is 31.6 Å². The fourth-order valence-corrected chi connectivity index (χ4v) is 2.28. The number of hydrogen-bond acceptors (Lipinski definition) is 1. The Morgan fingerprint density at radius 1 is 1.43 bits per heavy atom. The van der Waals surface area contributed by atoms with Gasteiger partial charge in [-0.25, -0.2) is 0 Å². The molecule has 1 atom stereocenters. The third-order valence-electron chi connectivity index (χ3n) is 2.42. The van der Waals surface area contributed by atoms with Crippen LogP contribution in [-0.2, 0) is 9.52 Å². The fraction of sp³-hybridized carbons (Fsp3) is 0.417. The van der Waals surface area contributed by atoms with E-state index in [4.69, 9.17) is 0 Å². The van der Waals surface area contributed by atoms with Crippen LogP contribution in [0.3, 0.4) is 0 Å². The molecular weight excluding hydrogens is 192 g/mol. The van der Waals surface area contributed by atoms with Crippen LogP contribution in [0, 0.1) is 0 Å². The molecule has 0 saturated heterocycles. The molecule has 0 bridgehead atoms. The van der Waals surface area contributed by atoms with Gasteiger partial charge in [0.05, 0.1) is 0 Å². The van der Waals surface area contributed by atoms with Gasteiger partial charge < -0.3 is 0 Å². The Hall–Kier alpha value is -0.760. The van der Waals surface area contributed by atoms with Crippen LogP contribution in [0.5, 0.6) is 0 Å². The molecule has 0 spiro atoms. The summed E-state index contributed by atoms with van der Waals surface area (Å²) in [5, 5.41) is 0. The van der Waals surface area contributed by atoms with Gasteiger partial charge in [-0.15, -0.1) is 0 Å². The Balaban J connectivity index is 3.19. The summed E-state index contributed by atoms with van der Waals surface area (Å²) in [4.78, 5) is 0.881. The average Bonchev–Trinajstić information content (AvgIpc) is 2.18. The zero-order valence-electron chi connectivity index (χ0n) is 9.12. The highest BCUT2D eigenvalue weighted by molar-refractivity contribution is 8.00. The van der Waals surface area contributed by atoms with Gasteiger partial charge in [0.15, 0.2) is 0 Å². The molecule has 0 heterocycles. The lowest BCUT2D eigenvalue weighted by Gasteiger charge is -2.10. The van der Waals surface area contributed by atoms with Crippen molar-refractivity contribution in [1.82, 2.24) is 0 Å². The topological polar surface area (TPSA) is 17.1 Å². The van der Waals surface area contributed by atoms with E-state index in [9.17, 15) is 4.21 Å². The summed E-state index contributed by atoms with van der Waals surface area (Å²) in [6.45, 7) is 6.18. The van der Waals surface area contributed by atoms with E-state index in [1.165, 1.54) is 5.56 Å². The Bertz CT molecular complexity index is 402. The lowest BCUT2D eigenvalue weighted by molar-refractivity contribution is 0.681. The molecule has 0 fully saturated rings. The molecule has 0 aliphatic heterocycles. The first kappa shape index (κ1) is 11.3. The van der Waals surface area contributed by atoms with Crippen LogP contribution in [0.2, 0.25) is 0 Å². The number of hydrogen-bond donors (Lipinski definition) is 0. The van der Waals surface area contributed by atoms with E-state index in [1.807, 2.05) is 25.1 Å². The Morgan fingerprint density at radius 2 is 2.07 bits per heavy atom. The number of benzene rings is 1. The van der Waals surface area contributed by atoms with Crippen LogP contribution in [0.4, 0.5) is 0 Å². The standard InChI is InChI=1S/C12H18OS/c1-5-14(4,13)12-8-6-7-11(9-12)10(2)3/h6-10H,4-5H2,1-3H3. The van der Waals surface area contributed by atoms with E-state index < -0.39 is 9.52 Å². The highest BCUT2D eigenvalue weighted by atomic mass is 32.2. The fourth-order valence-electron chi connectivity index (χ4n) is 1.27. The van der Waals surface area contributed by atoms with Crippen LogP contribution in [0.15, 0.2) is 29.2 Å². The summed E-state index contributed by atoms with van der Waals surface area (Å²) in [7, 11) is -2.05. The SMILES string of the molecule is C=S(=O)(CC)c1cccc(C(C)C)c1. The van der Waals surface area contributed by atoms with Gasteiger partial charge in [0.25, 0.3) is 0 Å². The third-order valence-corrected chi connectivity index (χ3v) is 4.47. The molecule has 2 heteroatoms. The van der Waals surface area contributed by atoms with Crippen molar-refractivity contribution in [2.75, 3.05) is 5.75 Å². The highest BCUT2D eigenvalue weighted by Crippen LogP contribution is 2.19. The second kappa shape index (κ2) is 4.18. The second-order valence-electron chi connectivity index (χ2n) is 3.83. The minimum Gasteiger partial charge on any atom is -0.263 e. The molecule has 1 nitrogen and oxygen atoms in total. The quantitative estimate of drug-likeness (QED) is 0.701. The zero-order chi connectivity index (χ0) is 10.8. The molecule has 0 aliphatic rings. The van der Waals surface area contributed by atoms with Gasteiger partial charge in [-0.2, -0.15) is 0 Å². The summed E-state index contributed by atoms with van der Waals surface area (Å²) in [5.74, 6) is 4.87. The molecule has 0 saturated carbocycles. The molecule has 1 unspecified atom stereocenters. The average molecular weight is 210 g/mol. The molecule has 0 amide bonds. The smallest absolute Gasteiger partial charge is 0.0307 e. The monoisotopic (exact) mass is 210 g/mol. The van der Waals surface area contributed by atoms with Crippen molar-refractivity contribution in [3.05, 3.63) is 29.8 Å². The second-order valence-corrected chi connectivity index (χ2v) is 6.50. The van der Waals surface area contributed by atoms with E-state index in [1.54, 1.807) is 0 Å². The minimum atomic E-state index is -2.05. The molecule has 1 aromatic rings. The van der Waals surface area contributed by atoms with Crippen molar-refractivity contribution in [3.8, 4) is 0 Å².